The summed E-state index contributed by atoms with van der Waals surface area (Å²) in [5.41, 5.74) is 2.30. The molecule has 1 aromatic heterocycles. The van der Waals surface area contributed by atoms with Crippen molar-refractivity contribution in [2.75, 3.05) is 0 Å². The third-order valence-corrected chi connectivity index (χ3v) is 5.22. The van der Waals surface area contributed by atoms with Crippen molar-refractivity contribution in [2.24, 2.45) is 0 Å². The van der Waals surface area contributed by atoms with E-state index in [1.165, 1.54) is 14.7 Å². The lowest BCUT2D eigenvalue weighted by molar-refractivity contribution is 1.21. The van der Waals surface area contributed by atoms with Gasteiger partial charge in [0.2, 0.25) is 0 Å². The normalized spacial score (nSPS) is 10.6. The molecule has 19 heavy (non-hydrogen) atoms. The Morgan fingerprint density at radius 2 is 1.53 bits per heavy atom. The monoisotopic (exact) mass is 283 g/mol. The molecule has 1 heterocycles. The highest BCUT2D eigenvalue weighted by molar-refractivity contribution is 8.01. The summed E-state index contributed by atoms with van der Waals surface area (Å²) in [5.74, 6) is 0. The van der Waals surface area contributed by atoms with Crippen LogP contribution in [0.1, 0.15) is 5.69 Å². The molecular weight excluding hydrogens is 270 g/mol. The maximum absolute atomic E-state index is 4.67. The number of rotatable bonds is 3. The molecule has 0 atom stereocenters. The van der Waals surface area contributed by atoms with Gasteiger partial charge in [0.05, 0.1) is 9.90 Å². The molecular formula is C16H13NS2. The van der Waals surface area contributed by atoms with Gasteiger partial charge in [-0.25, -0.2) is 4.98 Å². The minimum absolute atomic E-state index is 1.09. The van der Waals surface area contributed by atoms with Gasteiger partial charge in [0.1, 0.15) is 5.01 Å². The third kappa shape index (κ3) is 2.88. The van der Waals surface area contributed by atoms with E-state index in [9.17, 15) is 0 Å². The Kier molecular flexibility index (Phi) is 3.67. The first kappa shape index (κ1) is 12.5. The Morgan fingerprint density at radius 1 is 0.895 bits per heavy atom. The van der Waals surface area contributed by atoms with Crippen LogP contribution in [0, 0.1) is 6.92 Å². The summed E-state index contributed by atoms with van der Waals surface area (Å²) < 4.78 is 1.27. The summed E-state index contributed by atoms with van der Waals surface area (Å²) in [6.07, 6.45) is 0. The standard InChI is InChI=1S/C16H13NS2/c1-12-16(18-14-10-6-3-7-11-14)19-15(17-12)13-8-4-2-5-9-13/h2-11H,1H3. The molecule has 0 aliphatic rings. The zero-order chi connectivity index (χ0) is 13.1. The maximum atomic E-state index is 4.67. The van der Waals surface area contributed by atoms with Gasteiger partial charge in [-0.3, -0.25) is 0 Å². The predicted octanol–water partition coefficient (Wildman–Crippen LogP) is 5.27. The number of nitrogens with zero attached hydrogens (tertiary/aromatic N) is 1. The molecule has 0 spiro atoms. The lowest BCUT2D eigenvalue weighted by Gasteiger charge is -1.97. The summed E-state index contributed by atoms with van der Waals surface area (Å²) in [5, 5.41) is 1.09. The van der Waals surface area contributed by atoms with E-state index in [4.69, 9.17) is 0 Å². The summed E-state index contributed by atoms with van der Waals surface area (Å²) in [6.45, 7) is 2.08. The molecule has 0 saturated heterocycles. The molecule has 94 valence electrons. The van der Waals surface area contributed by atoms with E-state index in [1.807, 2.05) is 12.1 Å². The molecule has 0 fully saturated rings. The Balaban J connectivity index is 1.90. The van der Waals surface area contributed by atoms with Gasteiger partial charge in [-0.15, -0.1) is 11.3 Å². The van der Waals surface area contributed by atoms with E-state index in [0.717, 1.165) is 10.7 Å². The van der Waals surface area contributed by atoms with Gasteiger partial charge in [0.25, 0.3) is 0 Å². The van der Waals surface area contributed by atoms with E-state index >= 15 is 0 Å². The quantitative estimate of drug-likeness (QED) is 0.649. The van der Waals surface area contributed by atoms with E-state index in [-0.39, 0.29) is 0 Å². The Morgan fingerprint density at radius 3 is 2.21 bits per heavy atom. The van der Waals surface area contributed by atoms with Gasteiger partial charge < -0.3 is 0 Å². The molecule has 3 aromatic rings. The molecule has 0 unspecified atom stereocenters. The number of hydrogen-bond donors (Lipinski definition) is 0. The lowest BCUT2D eigenvalue weighted by Crippen LogP contribution is -1.76. The van der Waals surface area contributed by atoms with Crippen LogP contribution in [0.15, 0.2) is 69.8 Å². The second-order valence-electron chi connectivity index (χ2n) is 4.17. The highest BCUT2D eigenvalue weighted by Crippen LogP contribution is 2.38. The van der Waals surface area contributed by atoms with E-state index < -0.39 is 0 Å². The van der Waals surface area contributed by atoms with Gasteiger partial charge in [-0.1, -0.05) is 60.3 Å². The highest BCUT2D eigenvalue weighted by atomic mass is 32.2. The summed E-state index contributed by atoms with van der Waals surface area (Å²) in [7, 11) is 0. The van der Waals surface area contributed by atoms with Crippen molar-refractivity contribution in [2.45, 2.75) is 16.0 Å². The topological polar surface area (TPSA) is 12.9 Å². The number of aromatic nitrogens is 1. The molecule has 0 bridgehead atoms. The van der Waals surface area contributed by atoms with Crippen LogP contribution in [-0.4, -0.2) is 4.98 Å². The third-order valence-electron chi connectivity index (χ3n) is 2.73. The minimum atomic E-state index is 1.09. The maximum Gasteiger partial charge on any atom is 0.124 e. The van der Waals surface area contributed by atoms with Crippen LogP contribution in [0.3, 0.4) is 0 Å². The fraction of sp³-hybridized carbons (Fsp3) is 0.0625. The number of hydrogen-bond acceptors (Lipinski definition) is 3. The molecule has 2 aromatic carbocycles. The van der Waals surface area contributed by atoms with Crippen LogP contribution >= 0.6 is 23.1 Å². The summed E-state index contributed by atoms with van der Waals surface area (Å²) in [4.78, 5) is 5.93. The van der Waals surface area contributed by atoms with Gasteiger partial charge in [0, 0.05) is 10.5 Å². The van der Waals surface area contributed by atoms with Gasteiger partial charge in [-0.2, -0.15) is 0 Å². The Bertz CT molecular complexity index is 660. The van der Waals surface area contributed by atoms with Crippen LogP contribution < -0.4 is 0 Å². The first-order chi connectivity index (χ1) is 9.33. The molecule has 0 aliphatic carbocycles. The van der Waals surface area contributed by atoms with E-state index in [2.05, 4.69) is 60.4 Å². The van der Waals surface area contributed by atoms with Crippen molar-refractivity contribution < 1.29 is 0 Å². The SMILES string of the molecule is Cc1nc(-c2ccccc2)sc1Sc1ccccc1. The van der Waals surface area contributed by atoms with Crippen LogP contribution in [0.4, 0.5) is 0 Å². The fourth-order valence-corrected chi connectivity index (χ4v) is 3.98. The molecule has 3 heteroatoms. The van der Waals surface area contributed by atoms with Crippen molar-refractivity contribution >= 4 is 23.1 Å². The number of thiazole rings is 1. The van der Waals surface area contributed by atoms with Crippen molar-refractivity contribution in [3.8, 4) is 10.6 Å². The molecule has 0 radical (unpaired) electrons. The van der Waals surface area contributed by atoms with Crippen molar-refractivity contribution in [1.82, 2.24) is 4.98 Å². The predicted molar refractivity (Wildman–Crippen MR) is 82.9 cm³/mol. The van der Waals surface area contributed by atoms with Crippen molar-refractivity contribution in [3.63, 3.8) is 0 Å². The molecule has 0 aliphatic heterocycles. The largest absolute Gasteiger partial charge is 0.240 e. The molecule has 0 N–H and O–H groups in total. The van der Waals surface area contributed by atoms with Crippen LogP contribution in [-0.2, 0) is 0 Å². The number of benzene rings is 2. The van der Waals surface area contributed by atoms with Crippen LogP contribution in [0.5, 0.6) is 0 Å². The Labute approximate surface area is 121 Å². The van der Waals surface area contributed by atoms with Crippen LogP contribution in [0.2, 0.25) is 0 Å². The fourth-order valence-electron chi connectivity index (χ4n) is 1.78. The lowest BCUT2D eigenvalue weighted by atomic mass is 10.2. The van der Waals surface area contributed by atoms with Gasteiger partial charge >= 0.3 is 0 Å². The molecule has 0 saturated carbocycles. The summed E-state index contributed by atoms with van der Waals surface area (Å²) in [6, 6.07) is 20.8. The molecule has 3 rings (SSSR count). The number of aryl methyl sites for hydroxylation is 1. The van der Waals surface area contributed by atoms with Crippen molar-refractivity contribution in [3.05, 3.63) is 66.4 Å². The Hall–Kier alpha value is -1.58. The van der Waals surface area contributed by atoms with E-state index in [1.54, 1.807) is 23.1 Å². The van der Waals surface area contributed by atoms with Gasteiger partial charge in [0.15, 0.2) is 0 Å². The minimum Gasteiger partial charge on any atom is -0.240 e. The first-order valence-electron chi connectivity index (χ1n) is 6.09. The van der Waals surface area contributed by atoms with Crippen molar-refractivity contribution in [1.29, 1.82) is 0 Å². The van der Waals surface area contributed by atoms with E-state index in [0.29, 0.717) is 0 Å². The first-order valence-corrected chi connectivity index (χ1v) is 7.72. The second kappa shape index (κ2) is 5.59. The zero-order valence-corrected chi connectivity index (χ0v) is 12.2. The van der Waals surface area contributed by atoms with Gasteiger partial charge in [-0.05, 0) is 19.1 Å². The highest BCUT2D eigenvalue weighted by Gasteiger charge is 2.10. The van der Waals surface area contributed by atoms with Crippen LogP contribution in [0.25, 0.3) is 10.6 Å². The summed E-state index contributed by atoms with van der Waals surface area (Å²) >= 11 is 3.55. The second-order valence-corrected chi connectivity index (χ2v) is 6.51. The average molecular weight is 283 g/mol. The molecule has 1 nitrogen and oxygen atoms in total. The smallest absolute Gasteiger partial charge is 0.124 e. The zero-order valence-electron chi connectivity index (χ0n) is 10.5. The average Bonchev–Trinajstić information content (AvgIpc) is 2.82. The molecule has 0 amide bonds.